The van der Waals surface area contributed by atoms with E-state index in [1.807, 2.05) is 6.07 Å². The quantitative estimate of drug-likeness (QED) is 0.330. The number of imide groups is 1. The second-order valence-corrected chi connectivity index (χ2v) is 11.8. The molecule has 4 aromatic rings. The Hall–Kier alpha value is -3.93. The second kappa shape index (κ2) is 10.6. The van der Waals surface area contributed by atoms with E-state index in [0.29, 0.717) is 37.6 Å². The zero-order chi connectivity index (χ0) is 28.0. The monoisotopic (exact) mass is 592 g/mol. The van der Waals surface area contributed by atoms with E-state index in [2.05, 4.69) is 10.3 Å². The fraction of sp³-hybridized carbons (Fsp3) is 0.179. The maximum Gasteiger partial charge on any atom is 0.308 e. The number of nitrogens with one attached hydrogen (secondary N) is 1. The summed E-state index contributed by atoms with van der Waals surface area (Å²) < 4.78 is 6.53. The largest absolute Gasteiger partial charge is 0.497 e. The number of amides is 3. The Morgan fingerprint density at radius 3 is 2.48 bits per heavy atom. The predicted octanol–water partition coefficient (Wildman–Crippen LogP) is 4.40. The van der Waals surface area contributed by atoms with Gasteiger partial charge < -0.3 is 10.1 Å². The number of hydrogen-bond acceptors (Lipinski definition) is 8. The van der Waals surface area contributed by atoms with Crippen LogP contribution in [-0.4, -0.2) is 39.6 Å². The van der Waals surface area contributed by atoms with E-state index in [4.69, 9.17) is 16.3 Å². The van der Waals surface area contributed by atoms with E-state index >= 15 is 0 Å². The summed E-state index contributed by atoms with van der Waals surface area (Å²) in [6.45, 7) is -0.246. The van der Waals surface area contributed by atoms with Crippen LogP contribution in [0.2, 0.25) is 5.02 Å². The van der Waals surface area contributed by atoms with E-state index in [1.165, 1.54) is 9.47 Å². The van der Waals surface area contributed by atoms with Crippen LogP contribution in [0.15, 0.2) is 82.9 Å². The first-order chi connectivity index (χ1) is 19.4. The number of pyridine rings is 1. The number of aromatic nitrogens is 2. The van der Waals surface area contributed by atoms with Crippen molar-refractivity contribution in [3.8, 4) is 5.75 Å². The molecule has 6 rings (SSSR count). The number of rotatable bonds is 6. The van der Waals surface area contributed by atoms with Crippen LogP contribution in [0.4, 0.5) is 11.4 Å². The standard InChI is InChI=1S/C28H21ClN4O5S2/c1-38-19-10-6-17(7-11-19)31-20(34)14-32-27-24(40-28(32)37)21(15-3-2-12-30-13-15)22-23(39-27)26(36)33(25(22)35)18-8-4-16(29)5-9-18/h2-13,21-23H,14H2,1H3,(H,31,34). The predicted molar refractivity (Wildman–Crippen MR) is 153 cm³/mol. The average molecular weight is 593 g/mol. The molecule has 3 amide bonds. The Balaban J connectivity index is 1.37. The number of halogens is 1. The molecule has 0 spiro atoms. The van der Waals surface area contributed by atoms with Gasteiger partial charge >= 0.3 is 4.87 Å². The Bertz CT molecular complexity index is 1670. The summed E-state index contributed by atoms with van der Waals surface area (Å²) in [5.74, 6) is -1.80. The first kappa shape index (κ1) is 26.3. The number of carbonyl (C=O) groups is 3. The van der Waals surface area contributed by atoms with E-state index in [-0.39, 0.29) is 23.2 Å². The molecule has 40 heavy (non-hydrogen) atoms. The Kier molecular flexibility index (Phi) is 6.95. The van der Waals surface area contributed by atoms with E-state index in [1.54, 1.807) is 74.1 Å². The fourth-order valence-corrected chi connectivity index (χ4v) is 7.94. The zero-order valence-corrected chi connectivity index (χ0v) is 23.3. The molecule has 0 radical (unpaired) electrons. The van der Waals surface area contributed by atoms with Gasteiger partial charge in [0.25, 0.3) is 0 Å². The molecular weight excluding hydrogens is 572 g/mol. The van der Waals surface area contributed by atoms with Crippen LogP contribution in [0.3, 0.4) is 0 Å². The molecule has 3 unspecified atom stereocenters. The van der Waals surface area contributed by atoms with Crippen LogP contribution >= 0.6 is 34.7 Å². The molecule has 0 aliphatic carbocycles. The number of benzene rings is 2. The molecule has 1 saturated heterocycles. The number of hydrogen-bond donors (Lipinski definition) is 1. The third kappa shape index (κ3) is 4.59. The molecule has 202 valence electrons. The van der Waals surface area contributed by atoms with Crippen LogP contribution in [0.1, 0.15) is 16.4 Å². The van der Waals surface area contributed by atoms with Gasteiger partial charge in [0.2, 0.25) is 17.7 Å². The topological polar surface area (TPSA) is 111 Å². The van der Waals surface area contributed by atoms with Crippen molar-refractivity contribution in [3.63, 3.8) is 0 Å². The summed E-state index contributed by atoms with van der Waals surface area (Å²) in [7, 11) is 1.55. The fourth-order valence-electron chi connectivity index (χ4n) is 5.04. The van der Waals surface area contributed by atoms with Crippen molar-refractivity contribution in [1.82, 2.24) is 9.55 Å². The van der Waals surface area contributed by atoms with Gasteiger partial charge in [0.05, 0.1) is 23.7 Å². The number of ether oxygens (including phenoxy) is 1. The average Bonchev–Trinajstić information content (AvgIpc) is 3.40. The van der Waals surface area contributed by atoms with Gasteiger partial charge in [0, 0.05) is 33.9 Å². The molecule has 3 atom stereocenters. The van der Waals surface area contributed by atoms with Gasteiger partial charge in [0.15, 0.2) is 0 Å². The van der Waals surface area contributed by atoms with Gasteiger partial charge in [-0.3, -0.25) is 28.7 Å². The molecule has 2 aliphatic heterocycles. The van der Waals surface area contributed by atoms with Crippen LogP contribution < -0.4 is 19.8 Å². The Labute approximate surface area is 241 Å². The van der Waals surface area contributed by atoms with Crippen LogP contribution in [0.5, 0.6) is 5.75 Å². The lowest BCUT2D eigenvalue weighted by Gasteiger charge is -2.30. The number of thiazole rings is 1. The normalized spacial score (nSPS) is 19.8. The molecule has 1 N–H and O–H groups in total. The van der Waals surface area contributed by atoms with E-state index in [0.717, 1.165) is 23.1 Å². The van der Waals surface area contributed by atoms with Gasteiger partial charge in [-0.2, -0.15) is 0 Å². The Morgan fingerprint density at radius 2 is 1.80 bits per heavy atom. The molecule has 9 nitrogen and oxygen atoms in total. The van der Waals surface area contributed by atoms with Crippen molar-refractivity contribution in [2.75, 3.05) is 17.3 Å². The van der Waals surface area contributed by atoms with E-state index in [9.17, 15) is 19.2 Å². The highest BCUT2D eigenvalue weighted by atomic mass is 35.5. The molecule has 12 heteroatoms. The minimum Gasteiger partial charge on any atom is -0.497 e. The molecule has 4 heterocycles. The minimum absolute atomic E-state index is 0.246. The number of carbonyl (C=O) groups excluding carboxylic acids is 3. The van der Waals surface area contributed by atoms with Crippen molar-refractivity contribution in [2.45, 2.75) is 22.7 Å². The van der Waals surface area contributed by atoms with Crippen molar-refractivity contribution in [3.05, 3.63) is 98.2 Å². The van der Waals surface area contributed by atoms with Gasteiger partial charge in [-0.15, -0.1) is 0 Å². The third-order valence-corrected chi connectivity index (χ3v) is 9.71. The molecule has 0 saturated carbocycles. The van der Waals surface area contributed by atoms with Crippen molar-refractivity contribution < 1.29 is 19.1 Å². The minimum atomic E-state index is -0.786. The lowest BCUT2D eigenvalue weighted by molar-refractivity contribution is -0.122. The SMILES string of the molecule is COc1ccc(NC(=O)Cn2c3c(sc2=O)C(c2cccnc2)C2C(=O)N(c4ccc(Cl)cc4)C(=O)C2S3)cc1. The second-order valence-electron chi connectivity index (χ2n) is 9.22. The van der Waals surface area contributed by atoms with Crippen LogP contribution in [0.25, 0.3) is 0 Å². The summed E-state index contributed by atoms with van der Waals surface area (Å²) in [5, 5.41) is 3.00. The highest BCUT2D eigenvalue weighted by Crippen LogP contribution is 2.53. The van der Waals surface area contributed by atoms with Crippen molar-refractivity contribution >= 4 is 63.8 Å². The van der Waals surface area contributed by atoms with Crippen molar-refractivity contribution in [1.29, 1.82) is 0 Å². The maximum absolute atomic E-state index is 13.8. The van der Waals surface area contributed by atoms with Gasteiger partial charge in [-0.1, -0.05) is 40.8 Å². The Morgan fingerprint density at radius 1 is 1.05 bits per heavy atom. The number of fused-ring (bicyclic) bond motifs is 2. The molecular formula is C28H21ClN4O5S2. The molecule has 2 aromatic carbocycles. The van der Waals surface area contributed by atoms with Gasteiger partial charge in [0.1, 0.15) is 17.5 Å². The molecule has 2 aromatic heterocycles. The zero-order valence-electron chi connectivity index (χ0n) is 20.9. The highest BCUT2D eigenvalue weighted by Gasteiger charge is 2.56. The van der Waals surface area contributed by atoms with Crippen LogP contribution in [0, 0.1) is 5.92 Å². The number of methoxy groups -OCH3 is 1. The van der Waals surface area contributed by atoms with Crippen LogP contribution in [-0.2, 0) is 20.9 Å². The first-order valence-corrected chi connectivity index (χ1v) is 14.3. The molecule has 0 bridgehead atoms. The molecule has 2 aliphatic rings. The summed E-state index contributed by atoms with van der Waals surface area (Å²) in [4.78, 5) is 59.5. The third-order valence-electron chi connectivity index (χ3n) is 6.85. The smallest absolute Gasteiger partial charge is 0.308 e. The lowest BCUT2D eigenvalue weighted by Crippen LogP contribution is -2.33. The highest BCUT2D eigenvalue weighted by molar-refractivity contribution is 8.00. The molecule has 1 fully saturated rings. The summed E-state index contributed by atoms with van der Waals surface area (Å²) in [6.07, 6.45) is 3.27. The van der Waals surface area contributed by atoms with Crippen molar-refractivity contribution in [2.24, 2.45) is 5.92 Å². The number of anilines is 2. The van der Waals surface area contributed by atoms with E-state index < -0.39 is 23.0 Å². The number of thioether (sulfide) groups is 1. The summed E-state index contributed by atoms with van der Waals surface area (Å²) in [5.41, 5.74) is 1.70. The van der Waals surface area contributed by atoms with Gasteiger partial charge in [-0.05, 0) is 60.2 Å². The lowest BCUT2D eigenvalue weighted by atomic mass is 9.84. The first-order valence-electron chi connectivity index (χ1n) is 12.2. The van der Waals surface area contributed by atoms with Gasteiger partial charge in [-0.25, -0.2) is 4.90 Å². The summed E-state index contributed by atoms with van der Waals surface area (Å²) in [6, 6.07) is 17.0. The maximum atomic E-state index is 13.8. The summed E-state index contributed by atoms with van der Waals surface area (Å²) >= 11 is 8.18. The number of nitrogens with zero attached hydrogens (tertiary/aromatic N) is 3.